The van der Waals surface area contributed by atoms with Gasteiger partial charge in [0, 0.05) is 37.7 Å². The molecule has 1 aromatic carbocycles. The van der Waals surface area contributed by atoms with E-state index in [0.29, 0.717) is 6.61 Å². The molecule has 1 aliphatic rings. The topological polar surface area (TPSA) is 56.9 Å². The lowest BCUT2D eigenvalue weighted by atomic mass is 10.2. The highest BCUT2D eigenvalue weighted by Crippen LogP contribution is 2.21. The molecule has 124 valence electrons. The van der Waals surface area contributed by atoms with Crippen LogP contribution in [0.4, 0.5) is 0 Å². The number of hydrogen-bond donors (Lipinski definition) is 1. The van der Waals surface area contributed by atoms with Crippen LogP contribution >= 0.6 is 0 Å². The van der Waals surface area contributed by atoms with E-state index < -0.39 is 0 Å². The maximum Gasteiger partial charge on any atom is 0.135 e. The van der Waals surface area contributed by atoms with Crippen molar-refractivity contribution < 1.29 is 4.74 Å². The maximum atomic E-state index is 5.93. The number of aromatic nitrogens is 4. The number of ether oxygens (including phenoxy) is 1. The van der Waals surface area contributed by atoms with E-state index in [-0.39, 0.29) is 6.10 Å². The SMILES string of the molecule is Cn1ccnc1CNC[C@H]1Cn2cc(-c3ccccc3)nc2CO1. The zero-order valence-corrected chi connectivity index (χ0v) is 13.7. The Labute approximate surface area is 141 Å². The predicted octanol–water partition coefficient (Wildman–Crippen LogP) is 1.97. The van der Waals surface area contributed by atoms with E-state index in [2.05, 4.69) is 33.2 Å². The van der Waals surface area contributed by atoms with Gasteiger partial charge in [-0.05, 0) is 0 Å². The van der Waals surface area contributed by atoms with Crippen molar-refractivity contribution in [3.63, 3.8) is 0 Å². The van der Waals surface area contributed by atoms with E-state index in [0.717, 1.165) is 42.5 Å². The average molecular weight is 323 g/mol. The molecule has 1 atom stereocenters. The van der Waals surface area contributed by atoms with Crippen molar-refractivity contribution in [2.45, 2.75) is 25.8 Å². The molecule has 2 aromatic heterocycles. The largest absolute Gasteiger partial charge is 0.367 e. The Morgan fingerprint density at radius 2 is 2.17 bits per heavy atom. The summed E-state index contributed by atoms with van der Waals surface area (Å²) in [7, 11) is 2.00. The second kappa shape index (κ2) is 6.59. The molecule has 4 rings (SSSR count). The fourth-order valence-corrected chi connectivity index (χ4v) is 2.98. The Morgan fingerprint density at radius 3 is 2.96 bits per heavy atom. The first kappa shape index (κ1) is 15.1. The van der Waals surface area contributed by atoms with Gasteiger partial charge in [0.05, 0.1) is 24.9 Å². The number of nitrogens with one attached hydrogen (secondary N) is 1. The van der Waals surface area contributed by atoms with E-state index in [1.165, 1.54) is 0 Å². The molecule has 3 heterocycles. The molecule has 6 nitrogen and oxygen atoms in total. The van der Waals surface area contributed by atoms with E-state index in [9.17, 15) is 0 Å². The van der Waals surface area contributed by atoms with Crippen molar-refractivity contribution in [1.29, 1.82) is 0 Å². The fraction of sp³-hybridized carbons (Fsp3) is 0.333. The summed E-state index contributed by atoms with van der Waals surface area (Å²) in [5, 5.41) is 3.43. The van der Waals surface area contributed by atoms with Gasteiger partial charge in [-0.1, -0.05) is 30.3 Å². The van der Waals surface area contributed by atoms with Crippen LogP contribution in [-0.4, -0.2) is 31.8 Å². The van der Waals surface area contributed by atoms with Gasteiger partial charge in [0.1, 0.15) is 18.3 Å². The Balaban J connectivity index is 1.37. The Morgan fingerprint density at radius 1 is 1.29 bits per heavy atom. The van der Waals surface area contributed by atoms with Gasteiger partial charge in [0.2, 0.25) is 0 Å². The average Bonchev–Trinajstić information content (AvgIpc) is 3.22. The van der Waals surface area contributed by atoms with Crippen molar-refractivity contribution in [2.24, 2.45) is 7.05 Å². The van der Waals surface area contributed by atoms with Crippen molar-refractivity contribution in [3.05, 3.63) is 60.6 Å². The second-order valence-electron chi connectivity index (χ2n) is 6.08. The molecule has 0 aliphatic carbocycles. The zero-order chi connectivity index (χ0) is 16.4. The smallest absolute Gasteiger partial charge is 0.135 e. The number of nitrogens with zero attached hydrogens (tertiary/aromatic N) is 4. The molecule has 0 spiro atoms. The lowest BCUT2D eigenvalue weighted by Gasteiger charge is -2.24. The summed E-state index contributed by atoms with van der Waals surface area (Å²) in [5.74, 6) is 2.02. The molecular formula is C18H21N5O. The highest BCUT2D eigenvalue weighted by atomic mass is 16.5. The van der Waals surface area contributed by atoms with Gasteiger partial charge in [-0.15, -0.1) is 0 Å². The summed E-state index contributed by atoms with van der Waals surface area (Å²) in [6.45, 7) is 2.92. The Kier molecular flexibility index (Phi) is 4.15. The maximum absolute atomic E-state index is 5.93. The first-order chi connectivity index (χ1) is 11.8. The highest BCUT2D eigenvalue weighted by Gasteiger charge is 2.21. The molecule has 0 saturated carbocycles. The number of rotatable bonds is 5. The van der Waals surface area contributed by atoms with Gasteiger partial charge in [-0.25, -0.2) is 9.97 Å². The van der Waals surface area contributed by atoms with Gasteiger partial charge < -0.3 is 19.2 Å². The first-order valence-electron chi connectivity index (χ1n) is 8.19. The summed E-state index contributed by atoms with van der Waals surface area (Å²) in [6.07, 6.45) is 6.04. The van der Waals surface area contributed by atoms with E-state index in [4.69, 9.17) is 9.72 Å². The lowest BCUT2D eigenvalue weighted by molar-refractivity contribution is 0.00268. The van der Waals surface area contributed by atoms with Crippen molar-refractivity contribution in [3.8, 4) is 11.3 Å². The van der Waals surface area contributed by atoms with Crippen LogP contribution < -0.4 is 5.32 Å². The summed E-state index contributed by atoms with van der Waals surface area (Å²) in [4.78, 5) is 9.01. The van der Waals surface area contributed by atoms with Crippen molar-refractivity contribution in [2.75, 3.05) is 6.54 Å². The molecule has 1 N–H and O–H groups in total. The predicted molar refractivity (Wildman–Crippen MR) is 91.2 cm³/mol. The quantitative estimate of drug-likeness (QED) is 0.780. The number of benzene rings is 1. The van der Waals surface area contributed by atoms with E-state index >= 15 is 0 Å². The molecule has 24 heavy (non-hydrogen) atoms. The number of hydrogen-bond acceptors (Lipinski definition) is 4. The third-order valence-corrected chi connectivity index (χ3v) is 4.35. The molecule has 1 aliphatic heterocycles. The third kappa shape index (κ3) is 3.11. The monoisotopic (exact) mass is 323 g/mol. The van der Waals surface area contributed by atoms with Gasteiger partial charge in [-0.3, -0.25) is 0 Å². The third-order valence-electron chi connectivity index (χ3n) is 4.35. The number of aryl methyl sites for hydroxylation is 1. The highest BCUT2D eigenvalue weighted by molar-refractivity contribution is 5.58. The van der Waals surface area contributed by atoms with E-state index in [1.54, 1.807) is 0 Å². The van der Waals surface area contributed by atoms with Gasteiger partial charge >= 0.3 is 0 Å². The molecule has 0 bridgehead atoms. The number of imidazole rings is 2. The summed E-state index contributed by atoms with van der Waals surface area (Å²) >= 11 is 0. The van der Waals surface area contributed by atoms with E-state index in [1.807, 2.05) is 42.2 Å². The van der Waals surface area contributed by atoms with Crippen LogP contribution in [0.25, 0.3) is 11.3 Å². The Bertz CT molecular complexity index is 808. The molecular weight excluding hydrogens is 302 g/mol. The van der Waals surface area contributed by atoms with Crippen LogP contribution in [0, 0.1) is 0 Å². The number of fused-ring (bicyclic) bond motifs is 1. The summed E-state index contributed by atoms with van der Waals surface area (Å²) in [5.41, 5.74) is 2.15. The molecule has 0 saturated heterocycles. The van der Waals surface area contributed by atoms with Crippen LogP contribution in [0.3, 0.4) is 0 Å². The van der Waals surface area contributed by atoms with Gasteiger partial charge in [0.15, 0.2) is 0 Å². The minimum absolute atomic E-state index is 0.149. The van der Waals surface area contributed by atoms with Crippen molar-refractivity contribution >= 4 is 0 Å². The molecule has 3 aromatic rings. The minimum atomic E-state index is 0.149. The summed E-state index contributed by atoms with van der Waals surface area (Å²) in [6, 6.07) is 10.3. The second-order valence-corrected chi connectivity index (χ2v) is 6.08. The van der Waals surface area contributed by atoms with Crippen LogP contribution in [0.1, 0.15) is 11.6 Å². The molecule has 0 radical (unpaired) electrons. The summed E-state index contributed by atoms with van der Waals surface area (Å²) < 4.78 is 10.2. The van der Waals surface area contributed by atoms with Crippen LogP contribution in [-0.2, 0) is 31.5 Å². The van der Waals surface area contributed by atoms with Gasteiger partial charge in [0.25, 0.3) is 0 Å². The van der Waals surface area contributed by atoms with Gasteiger partial charge in [-0.2, -0.15) is 0 Å². The molecule has 0 fully saturated rings. The molecule has 0 amide bonds. The van der Waals surface area contributed by atoms with Crippen LogP contribution in [0.15, 0.2) is 48.9 Å². The standard InChI is InChI=1S/C18H21N5O/c1-22-8-7-20-17(22)10-19-9-15-11-23-12-16(21-18(23)13-24-15)14-5-3-2-4-6-14/h2-8,12,15,19H,9-11,13H2,1H3/t15-/m0/s1. The van der Waals surface area contributed by atoms with Crippen molar-refractivity contribution in [1.82, 2.24) is 24.4 Å². The molecule has 0 unspecified atom stereocenters. The first-order valence-corrected chi connectivity index (χ1v) is 8.19. The molecule has 6 heteroatoms. The minimum Gasteiger partial charge on any atom is -0.367 e. The Hall–Kier alpha value is -2.44. The zero-order valence-electron chi connectivity index (χ0n) is 13.7. The fourth-order valence-electron chi connectivity index (χ4n) is 2.98. The lowest BCUT2D eigenvalue weighted by Crippen LogP contribution is -2.36. The normalized spacial score (nSPS) is 17.0. The van der Waals surface area contributed by atoms with Crippen LogP contribution in [0.5, 0.6) is 0 Å². The van der Waals surface area contributed by atoms with Crippen LogP contribution in [0.2, 0.25) is 0 Å².